The van der Waals surface area contributed by atoms with Crippen molar-refractivity contribution in [3.05, 3.63) is 101 Å². The SMILES string of the molecule is C=CCCc1ccc(C(F)(F)Oc2ccc(-c3cc(F)c(F)c(F)c3)c(F)c2F)cc1. The Hall–Kier alpha value is -3.29. The highest BCUT2D eigenvalue weighted by molar-refractivity contribution is 5.65. The van der Waals surface area contributed by atoms with Crippen molar-refractivity contribution in [1.82, 2.24) is 0 Å². The molecule has 0 aromatic heterocycles. The molecule has 1 nitrogen and oxygen atoms in total. The molecule has 0 amide bonds. The lowest BCUT2D eigenvalue weighted by Gasteiger charge is -2.19. The van der Waals surface area contributed by atoms with Gasteiger partial charge in [-0.1, -0.05) is 18.2 Å². The van der Waals surface area contributed by atoms with Gasteiger partial charge in [0.15, 0.2) is 29.0 Å². The molecule has 162 valence electrons. The van der Waals surface area contributed by atoms with Crippen LogP contribution in [0.5, 0.6) is 5.75 Å². The van der Waals surface area contributed by atoms with Crippen molar-refractivity contribution in [2.24, 2.45) is 0 Å². The van der Waals surface area contributed by atoms with Crippen LogP contribution < -0.4 is 4.74 Å². The molecule has 0 aliphatic rings. The van der Waals surface area contributed by atoms with E-state index in [-0.39, 0.29) is 0 Å². The first-order chi connectivity index (χ1) is 14.6. The Balaban J connectivity index is 1.88. The van der Waals surface area contributed by atoms with E-state index in [1.54, 1.807) is 6.08 Å². The molecule has 8 heteroatoms. The van der Waals surface area contributed by atoms with Crippen molar-refractivity contribution in [1.29, 1.82) is 0 Å². The van der Waals surface area contributed by atoms with Crippen LogP contribution in [0.15, 0.2) is 61.2 Å². The molecule has 0 atom stereocenters. The number of benzene rings is 3. The Bertz CT molecular complexity index is 1080. The lowest BCUT2D eigenvalue weighted by Crippen LogP contribution is -2.22. The van der Waals surface area contributed by atoms with E-state index >= 15 is 0 Å². The molecular formula is C23H15F7O. The maximum Gasteiger partial charge on any atom is 0.426 e. The Morgan fingerprint density at radius 3 is 2.00 bits per heavy atom. The highest BCUT2D eigenvalue weighted by Crippen LogP contribution is 2.36. The lowest BCUT2D eigenvalue weighted by atomic mass is 10.0. The molecule has 0 saturated carbocycles. The summed E-state index contributed by atoms with van der Waals surface area (Å²) in [5.74, 6) is -9.58. The van der Waals surface area contributed by atoms with E-state index in [9.17, 15) is 30.7 Å². The second-order valence-corrected chi connectivity index (χ2v) is 6.64. The molecule has 31 heavy (non-hydrogen) atoms. The summed E-state index contributed by atoms with van der Waals surface area (Å²) >= 11 is 0. The number of rotatable bonds is 7. The normalized spacial score (nSPS) is 11.5. The molecule has 0 heterocycles. The zero-order chi connectivity index (χ0) is 22.8. The van der Waals surface area contributed by atoms with E-state index in [2.05, 4.69) is 11.3 Å². The zero-order valence-electron chi connectivity index (χ0n) is 15.9. The molecule has 0 aliphatic heterocycles. The predicted molar refractivity (Wildman–Crippen MR) is 101 cm³/mol. The Morgan fingerprint density at radius 2 is 1.42 bits per heavy atom. The number of ether oxygens (including phenoxy) is 1. The van der Waals surface area contributed by atoms with Gasteiger partial charge in [-0.25, -0.2) is 17.6 Å². The van der Waals surface area contributed by atoms with Crippen LogP contribution in [0.1, 0.15) is 17.5 Å². The van der Waals surface area contributed by atoms with Crippen molar-refractivity contribution < 1.29 is 35.5 Å². The third kappa shape index (κ3) is 4.73. The quantitative estimate of drug-likeness (QED) is 0.213. The molecule has 0 spiro atoms. The Morgan fingerprint density at radius 1 is 0.806 bits per heavy atom. The highest BCUT2D eigenvalue weighted by Gasteiger charge is 2.36. The Kier molecular flexibility index (Phi) is 6.38. The molecule has 0 fully saturated rings. The van der Waals surface area contributed by atoms with Gasteiger partial charge in [0.1, 0.15) is 0 Å². The van der Waals surface area contributed by atoms with E-state index in [1.165, 1.54) is 12.1 Å². The predicted octanol–water partition coefficient (Wildman–Crippen LogP) is 7.30. The summed E-state index contributed by atoms with van der Waals surface area (Å²) in [5, 5.41) is 0. The van der Waals surface area contributed by atoms with Crippen LogP contribution in [0.3, 0.4) is 0 Å². The van der Waals surface area contributed by atoms with Gasteiger partial charge in [-0.05, 0) is 60.4 Å². The number of allylic oxidation sites excluding steroid dienone is 1. The van der Waals surface area contributed by atoms with Crippen LogP contribution in [-0.2, 0) is 12.5 Å². The molecule has 0 radical (unpaired) electrons. The minimum atomic E-state index is -3.99. The summed E-state index contributed by atoms with van der Waals surface area (Å²) in [5.41, 5.74) is -0.972. The van der Waals surface area contributed by atoms with E-state index in [4.69, 9.17) is 0 Å². The van der Waals surface area contributed by atoms with Gasteiger partial charge in [0.05, 0.1) is 5.56 Å². The molecule has 3 rings (SSSR count). The second kappa shape index (κ2) is 8.83. The fraction of sp³-hybridized carbons (Fsp3) is 0.130. The number of aryl methyl sites for hydroxylation is 1. The van der Waals surface area contributed by atoms with Crippen LogP contribution in [-0.4, -0.2) is 0 Å². The summed E-state index contributed by atoms with van der Waals surface area (Å²) in [7, 11) is 0. The zero-order valence-corrected chi connectivity index (χ0v) is 15.9. The average Bonchev–Trinajstić information content (AvgIpc) is 2.74. The Labute approximate surface area is 173 Å². The number of alkyl halides is 2. The topological polar surface area (TPSA) is 9.23 Å². The van der Waals surface area contributed by atoms with Crippen LogP contribution in [0.4, 0.5) is 30.7 Å². The van der Waals surface area contributed by atoms with E-state index < -0.39 is 57.6 Å². The van der Waals surface area contributed by atoms with Crippen LogP contribution >= 0.6 is 0 Å². The number of halogens is 7. The van der Waals surface area contributed by atoms with Crippen LogP contribution in [0.2, 0.25) is 0 Å². The summed E-state index contributed by atoms with van der Waals surface area (Å²) in [4.78, 5) is 0. The summed E-state index contributed by atoms with van der Waals surface area (Å²) in [6.45, 7) is 3.57. The van der Waals surface area contributed by atoms with Crippen molar-refractivity contribution in [3.63, 3.8) is 0 Å². The third-order valence-corrected chi connectivity index (χ3v) is 4.51. The minimum Gasteiger partial charge on any atom is -0.426 e. The third-order valence-electron chi connectivity index (χ3n) is 4.51. The number of hydrogen-bond donors (Lipinski definition) is 0. The lowest BCUT2D eigenvalue weighted by molar-refractivity contribution is -0.187. The average molecular weight is 440 g/mol. The van der Waals surface area contributed by atoms with E-state index in [0.29, 0.717) is 31.0 Å². The molecule has 0 unspecified atom stereocenters. The van der Waals surface area contributed by atoms with Crippen molar-refractivity contribution in [2.45, 2.75) is 19.0 Å². The standard InChI is InChI=1S/C23H15F7O/c1-2-3-4-13-5-7-15(8-6-13)23(29,30)31-19-10-9-16(20(26)22(19)28)14-11-17(24)21(27)18(25)12-14/h2,5-12H,1,3-4H2. The second-order valence-electron chi connectivity index (χ2n) is 6.64. The van der Waals surface area contributed by atoms with Crippen LogP contribution in [0, 0.1) is 29.1 Å². The van der Waals surface area contributed by atoms with E-state index in [1.807, 2.05) is 0 Å². The maximum absolute atomic E-state index is 14.4. The smallest absolute Gasteiger partial charge is 0.426 e. The summed E-state index contributed by atoms with van der Waals surface area (Å²) in [6, 6.07) is 7.52. The maximum atomic E-state index is 14.4. The van der Waals surface area contributed by atoms with Gasteiger partial charge < -0.3 is 4.74 Å². The number of hydrogen-bond acceptors (Lipinski definition) is 1. The molecule has 3 aromatic rings. The highest BCUT2D eigenvalue weighted by atomic mass is 19.3. The van der Waals surface area contributed by atoms with Gasteiger partial charge in [0.2, 0.25) is 5.82 Å². The van der Waals surface area contributed by atoms with Crippen molar-refractivity contribution in [3.8, 4) is 16.9 Å². The first-order valence-electron chi connectivity index (χ1n) is 9.04. The largest absolute Gasteiger partial charge is 0.426 e. The van der Waals surface area contributed by atoms with Gasteiger partial charge in [0, 0.05) is 5.56 Å². The molecule has 0 bridgehead atoms. The fourth-order valence-corrected chi connectivity index (χ4v) is 2.88. The van der Waals surface area contributed by atoms with Gasteiger partial charge in [-0.3, -0.25) is 0 Å². The fourth-order valence-electron chi connectivity index (χ4n) is 2.88. The van der Waals surface area contributed by atoms with Gasteiger partial charge in [-0.15, -0.1) is 6.58 Å². The molecule has 0 saturated heterocycles. The molecular weight excluding hydrogens is 425 g/mol. The molecule has 0 N–H and O–H groups in total. The first kappa shape index (κ1) is 22.4. The van der Waals surface area contributed by atoms with Crippen molar-refractivity contribution >= 4 is 0 Å². The monoisotopic (exact) mass is 440 g/mol. The first-order valence-corrected chi connectivity index (χ1v) is 9.04. The minimum absolute atomic E-state index is 0.458. The van der Waals surface area contributed by atoms with E-state index in [0.717, 1.165) is 23.8 Å². The van der Waals surface area contributed by atoms with Gasteiger partial charge in [0.25, 0.3) is 0 Å². The van der Waals surface area contributed by atoms with Crippen molar-refractivity contribution in [2.75, 3.05) is 0 Å². The van der Waals surface area contributed by atoms with Gasteiger partial charge >= 0.3 is 6.11 Å². The summed E-state index contributed by atoms with van der Waals surface area (Å²) < 4.78 is 102. The van der Waals surface area contributed by atoms with Crippen LogP contribution in [0.25, 0.3) is 11.1 Å². The molecule has 0 aliphatic carbocycles. The molecule has 3 aromatic carbocycles. The summed E-state index contributed by atoms with van der Waals surface area (Å²) in [6.07, 6.45) is -1.05. The van der Waals surface area contributed by atoms with Gasteiger partial charge in [-0.2, -0.15) is 13.2 Å².